The molecule has 41 heavy (non-hydrogen) atoms. The minimum absolute atomic E-state index is 0.0854. The normalized spacial score (nSPS) is 28.9. The van der Waals surface area contributed by atoms with E-state index in [1.54, 1.807) is 0 Å². The van der Waals surface area contributed by atoms with E-state index in [0.29, 0.717) is 0 Å². The third-order valence-corrected chi connectivity index (χ3v) is 8.08. The van der Waals surface area contributed by atoms with E-state index in [-0.39, 0.29) is 35.2 Å². The van der Waals surface area contributed by atoms with Crippen molar-refractivity contribution in [1.82, 2.24) is 5.32 Å². The van der Waals surface area contributed by atoms with E-state index in [1.165, 1.54) is 25.1 Å². The number of fused-ring (bicyclic) bond motifs is 3. The summed E-state index contributed by atoms with van der Waals surface area (Å²) in [6.07, 6.45) is -5.44. The molecule has 0 bridgehead atoms. The van der Waals surface area contributed by atoms with Gasteiger partial charge in [0.15, 0.2) is 17.9 Å². The molecule has 0 radical (unpaired) electrons. The summed E-state index contributed by atoms with van der Waals surface area (Å²) in [5, 5.41) is 57.5. The van der Waals surface area contributed by atoms with Crippen LogP contribution in [0.4, 0.5) is 0 Å². The van der Waals surface area contributed by atoms with Crippen LogP contribution in [-0.2, 0) is 25.5 Å². The molecule has 2 aliphatic carbocycles. The van der Waals surface area contributed by atoms with Gasteiger partial charge in [-0.3, -0.25) is 19.2 Å². The van der Waals surface area contributed by atoms with Crippen molar-refractivity contribution < 1.29 is 54.2 Å². The Kier molecular flexibility index (Phi) is 7.12. The molecular weight excluding hydrogens is 540 g/mol. The van der Waals surface area contributed by atoms with E-state index >= 15 is 0 Å². The van der Waals surface area contributed by atoms with Crippen LogP contribution in [0.1, 0.15) is 75.8 Å². The van der Waals surface area contributed by atoms with E-state index in [9.17, 15) is 44.7 Å². The van der Waals surface area contributed by atoms with Crippen molar-refractivity contribution in [1.29, 1.82) is 0 Å². The smallest absolute Gasteiger partial charge is 0.234 e. The van der Waals surface area contributed by atoms with Gasteiger partial charge in [-0.05, 0) is 19.9 Å². The first-order valence-corrected chi connectivity index (χ1v) is 13.0. The zero-order valence-electron chi connectivity index (χ0n) is 22.2. The van der Waals surface area contributed by atoms with E-state index in [1.807, 2.05) is 0 Å². The molecule has 13 nitrogen and oxygen atoms in total. The third kappa shape index (κ3) is 4.55. The lowest BCUT2D eigenvalue weighted by Crippen LogP contribution is -2.56. The fraction of sp³-hybridized carbons (Fsp3) is 0.429. The zero-order chi connectivity index (χ0) is 30.0. The quantitative estimate of drug-likeness (QED) is 0.199. The number of nitrogens with two attached hydrogens (primary N) is 1. The standard InChI is InChI=1S/C28H30N2O11/c1-10-23(34)14(30-17(33)9-29)6-18(40-10)41-16-8-28(39,11(2)31)7-13-20(16)27(38)22-21(25(13)36)24(35)12-4-3-5-15(32)19(12)26(22)37/h3-5,10,14,16,18,23,32,34,36,38-39H,6-9,29H2,1-2H3,(H,30,33)/t10?,14?,16-,18?,23?,28-/m0/s1. The molecule has 0 spiro atoms. The van der Waals surface area contributed by atoms with Gasteiger partial charge in [0, 0.05) is 36.0 Å². The molecule has 1 fully saturated rings. The van der Waals surface area contributed by atoms with E-state index in [4.69, 9.17) is 15.2 Å². The Morgan fingerprint density at radius 1 is 1.12 bits per heavy atom. The number of Topliss-reactive ketones (excluding diaryl/α,β-unsaturated/α-hetero) is 1. The van der Waals surface area contributed by atoms with Crippen LogP contribution in [0, 0.1) is 0 Å². The highest BCUT2D eigenvalue weighted by molar-refractivity contribution is 6.31. The van der Waals surface area contributed by atoms with Crippen molar-refractivity contribution in [2.24, 2.45) is 5.73 Å². The number of carbonyl (C=O) groups excluding carboxylic acids is 4. The number of rotatable bonds is 5. The number of phenols is 3. The topological polar surface area (TPSA) is 226 Å². The van der Waals surface area contributed by atoms with Crippen molar-refractivity contribution in [2.75, 3.05) is 6.54 Å². The summed E-state index contributed by atoms with van der Waals surface area (Å²) in [6, 6.07) is 3.02. The van der Waals surface area contributed by atoms with Gasteiger partial charge in [0.2, 0.25) is 11.7 Å². The maximum absolute atomic E-state index is 13.5. The number of benzene rings is 2. The van der Waals surface area contributed by atoms with Crippen LogP contribution in [0.15, 0.2) is 18.2 Å². The number of phenolic OH excluding ortho intramolecular Hbond substituents is 3. The fourth-order valence-electron chi connectivity index (χ4n) is 5.88. The van der Waals surface area contributed by atoms with Crippen molar-refractivity contribution in [3.8, 4) is 17.2 Å². The number of hydrogen-bond acceptors (Lipinski definition) is 12. The molecule has 218 valence electrons. The Morgan fingerprint density at radius 3 is 2.46 bits per heavy atom. The number of aliphatic hydroxyl groups excluding tert-OH is 1. The van der Waals surface area contributed by atoms with E-state index in [2.05, 4.69) is 5.32 Å². The highest BCUT2D eigenvalue weighted by Crippen LogP contribution is 2.52. The van der Waals surface area contributed by atoms with Gasteiger partial charge in [0.1, 0.15) is 29.0 Å². The van der Waals surface area contributed by atoms with Gasteiger partial charge in [-0.15, -0.1) is 0 Å². The summed E-state index contributed by atoms with van der Waals surface area (Å²) >= 11 is 0. The van der Waals surface area contributed by atoms with Crippen LogP contribution in [0.5, 0.6) is 17.2 Å². The molecule has 2 aromatic rings. The largest absolute Gasteiger partial charge is 0.507 e. The lowest BCUT2D eigenvalue weighted by molar-refractivity contribution is -0.249. The predicted molar refractivity (Wildman–Crippen MR) is 138 cm³/mol. The second kappa shape index (κ2) is 10.2. The number of aliphatic hydroxyl groups is 2. The Balaban J connectivity index is 1.62. The van der Waals surface area contributed by atoms with Crippen LogP contribution in [0.2, 0.25) is 0 Å². The molecule has 1 amide bonds. The van der Waals surface area contributed by atoms with Gasteiger partial charge in [-0.2, -0.15) is 0 Å². The highest BCUT2D eigenvalue weighted by atomic mass is 16.7. The molecule has 5 rings (SSSR count). The van der Waals surface area contributed by atoms with Crippen LogP contribution in [0.3, 0.4) is 0 Å². The van der Waals surface area contributed by atoms with Gasteiger partial charge >= 0.3 is 0 Å². The summed E-state index contributed by atoms with van der Waals surface area (Å²) in [4.78, 5) is 51.3. The summed E-state index contributed by atoms with van der Waals surface area (Å²) in [5.41, 5.74) is 1.38. The molecule has 0 saturated carbocycles. The van der Waals surface area contributed by atoms with E-state index < -0.39 is 101 Å². The first-order chi connectivity index (χ1) is 19.3. The SMILES string of the molecule is CC(=O)[C@]1(O)Cc2c(O)c3c(c(O)c2[C@@H](OC2CC(NC(=O)CN)C(O)C(C)O2)C1)C(=O)c1c(O)cccc1C3=O. The molecule has 13 heteroatoms. The number of amides is 1. The summed E-state index contributed by atoms with van der Waals surface area (Å²) < 4.78 is 11.9. The zero-order valence-corrected chi connectivity index (χ0v) is 22.2. The highest BCUT2D eigenvalue weighted by Gasteiger charge is 2.49. The van der Waals surface area contributed by atoms with Crippen LogP contribution >= 0.6 is 0 Å². The fourth-order valence-corrected chi connectivity index (χ4v) is 5.88. The van der Waals surface area contributed by atoms with Gasteiger partial charge in [0.05, 0.1) is 41.5 Å². The van der Waals surface area contributed by atoms with Gasteiger partial charge < -0.3 is 46.1 Å². The minimum atomic E-state index is -2.08. The molecule has 0 aromatic heterocycles. The van der Waals surface area contributed by atoms with Crippen molar-refractivity contribution in [3.05, 3.63) is 51.6 Å². The van der Waals surface area contributed by atoms with Gasteiger partial charge in [-0.1, -0.05) is 12.1 Å². The first-order valence-electron chi connectivity index (χ1n) is 13.0. The van der Waals surface area contributed by atoms with Gasteiger partial charge in [-0.25, -0.2) is 0 Å². The number of carbonyl (C=O) groups is 4. The molecule has 2 aromatic carbocycles. The molecule has 1 saturated heterocycles. The predicted octanol–water partition coefficient (Wildman–Crippen LogP) is -0.158. The maximum atomic E-state index is 13.5. The second-order valence-electron chi connectivity index (χ2n) is 10.7. The third-order valence-electron chi connectivity index (χ3n) is 8.08. The monoisotopic (exact) mass is 570 g/mol. The van der Waals surface area contributed by atoms with Crippen molar-refractivity contribution >= 4 is 23.3 Å². The van der Waals surface area contributed by atoms with Crippen molar-refractivity contribution in [3.63, 3.8) is 0 Å². The molecule has 8 N–H and O–H groups in total. The molecule has 1 heterocycles. The average molecular weight is 571 g/mol. The lowest BCUT2D eigenvalue weighted by Gasteiger charge is -2.42. The summed E-state index contributed by atoms with van der Waals surface area (Å²) in [7, 11) is 0. The maximum Gasteiger partial charge on any atom is 0.234 e. The van der Waals surface area contributed by atoms with Crippen LogP contribution < -0.4 is 11.1 Å². The van der Waals surface area contributed by atoms with Crippen LogP contribution in [0.25, 0.3) is 0 Å². The van der Waals surface area contributed by atoms with Crippen LogP contribution in [-0.4, -0.2) is 85.5 Å². The number of ether oxygens (including phenoxy) is 2. The molecule has 1 aliphatic heterocycles. The Bertz CT molecular complexity index is 1490. The second-order valence-corrected chi connectivity index (χ2v) is 10.7. The summed E-state index contributed by atoms with van der Waals surface area (Å²) in [5.74, 6) is -4.88. The first kappa shape index (κ1) is 28.6. The Hall–Kier alpha value is -3.88. The Labute approximate surface area is 233 Å². The number of aromatic hydroxyl groups is 3. The summed E-state index contributed by atoms with van der Waals surface area (Å²) in [6.45, 7) is 2.35. The minimum Gasteiger partial charge on any atom is -0.507 e. The molecule has 3 aliphatic rings. The average Bonchev–Trinajstić information content (AvgIpc) is 2.91. The number of hydrogen-bond donors (Lipinski definition) is 7. The lowest BCUT2D eigenvalue weighted by atomic mass is 9.72. The van der Waals surface area contributed by atoms with Crippen molar-refractivity contribution in [2.45, 2.75) is 69.4 Å². The molecule has 6 atom stereocenters. The number of nitrogens with one attached hydrogen (secondary N) is 1. The number of ketones is 3. The Morgan fingerprint density at radius 2 is 1.80 bits per heavy atom. The van der Waals surface area contributed by atoms with E-state index in [0.717, 1.165) is 6.92 Å². The molecular formula is C28H30N2O11. The van der Waals surface area contributed by atoms with Gasteiger partial charge in [0.25, 0.3) is 0 Å². The molecule has 4 unspecified atom stereocenters.